The van der Waals surface area contributed by atoms with E-state index in [-0.39, 0.29) is 71.7 Å². The number of phenolic OH excluding ortho intramolecular Hbond substituents is 2. The van der Waals surface area contributed by atoms with Gasteiger partial charge in [-0.15, -0.1) is 0 Å². The van der Waals surface area contributed by atoms with Crippen molar-refractivity contribution < 1.29 is 10.2 Å². The molecule has 0 amide bonds. The predicted molar refractivity (Wildman–Crippen MR) is 314 cm³/mol. The largest absolute Gasteiger partial charge is 0.504 e. The third-order valence-electron chi connectivity index (χ3n) is 14.6. The maximum atomic E-state index is 14.4. The Bertz CT molecular complexity index is 5060. The Labute approximate surface area is 459 Å². The van der Waals surface area contributed by atoms with Crippen LogP contribution in [0.2, 0.25) is 0 Å². The van der Waals surface area contributed by atoms with Crippen molar-refractivity contribution in [3.63, 3.8) is 0 Å². The number of aryl methyl sites for hydroxylation is 2. The normalized spacial score (nSPS) is 11.6. The minimum Gasteiger partial charge on any atom is -0.504 e. The fourth-order valence-corrected chi connectivity index (χ4v) is 10.6. The number of hydrogen-bond acceptors (Lipinski definition) is 15. The summed E-state index contributed by atoms with van der Waals surface area (Å²) in [5.41, 5.74) is -2.82. The van der Waals surface area contributed by atoms with E-state index in [2.05, 4.69) is 21.5 Å². The van der Waals surface area contributed by atoms with Gasteiger partial charge in [0.25, 0.3) is 44.5 Å². The van der Waals surface area contributed by atoms with Gasteiger partial charge in [0.1, 0.15) is 0 Å². The Kier molecular flexibility index (Phi) is 11.4. The minimum atomic E-state index is -1.03. The van der Waals surface area contributed by atoms with Crippen molar-refractivity contribution in [3.05, 3.63) is 276 Å². The first-order valence-corrected chi connectivity index (χ1v) is 25.4. The first-order valence-electron chi connectivity index (χ1n) is 25.4. The molecule has 13 aromatic rings. The van der Waals surface area contributed by atoms with Crippen molar-refractivity contribution in [2.45, 2.75) is 13.8 Å². The highest BCUT2D eigenvalue weighted by atomic mass is 16.3. The molecule has 0 saturated carbocycles. The molecular formula is C63H39N9O10. The first kappa shape index (κ1) is 49.8. The first-order chi connectivity index (χ1) is 39.6. The molecule has 5 heterocycles. The van der Waals surface area contributed by atoms with Crippen LogP contribution >= 0.6 is 0 Å². The summed E-state index contributed by atoms with van der Waals surface area (Å²) in [5.74, 6) is -2.41. The zero-order valence-electron chi connectivity index (χ0n) is 43.1. The highest BCUT2D eigenvalue weighted by molar-refractivity contribution is 6.00. The second-order valence-electron chi connectivity index (χ2n) is 19.5. The molecule has 0 atom stereocenters. The summed E-state index contributed by atoms with van der Waals surface area (Å²) in [7, 11) is 0. The van der Waals surface area contributed by atoms with E-state index in [0.29, 0.717) is 31.9 Å². The molecule has 0 spiro atoms. The molecule has 13 rings (SSSR count). The second kappa shape index (κ2) is 18.7. The van der Waals surface area contributed by atoms with Gasteiger partial charge in [0.15, 0.2) is 17.3 Å². The summed E-state index contributed by atoms with van der Waals surface area (Å²) in [4.78, 5) is 131. The van der Waals surface area contributed by atoms with Crippen LogP contribution in [-0.4, -0.2) is 43.4 Å². The number of para-hydroxylation sites is 4. The molecule has 19 nitrogen and oxygen atoms in total. The average molecular weight is 1080 g/mol. The number of benzene rings is 8. The number of fused-ring (bicyclic) bond motifs is 4. The van der Waals surface area contributed by atoms with Gasteiger partial charge in [-0.05, 0) is 117 Å². The maximum absolute atomic E-state index is 14.4. The quantitative estimate of drug-likeness (QED) is 0.125. The van der Waals surface area contributed by atoms with Gasteiger partial charge in [0.05, 0.1) is 65.8 Å². The van der Waals surface area contributed by atoms with E-state index in [1.807, 2.05) is 123 Å². The van der Waals surface area contributed by atoms with Gasteiger partial charge in [-0.1, -0.05) is 90.5 Å². The summed E-state index contributed by atoms with van der Waals surface area (Å²) < 4.78 is 2.61. The molecule has 396 valence electrons. The summed E-state index contributed by atoms with van der Waals surface area (Å²) in [6.07, 6.45) is 1.11. The number of anilines is 6. The van der Waals surface area contributed by atoms with Crippen molar-refractivity contribution in [3.8, 4) is 34.8 Å². The van der Waals surface area contributed by atoms with E-state index in [1.165, 1.54) is 12.1 Å². The number of rotatable bonds is 11. The highest BCUT2D eigenvalue weighted by Crippen LogP contribution is 2.44. The lowest BCUT2D eigenvalue weighted by molar-refractivity contribution is 0.472. The summed E-state index contributed by atoms with van der Waals surface area (Å²) >= 11 is 0. The van der Waals surface area contributed by atoms with Crippen molar-refractivity contribution in [2.75, 3.05) is 9.80 Å². The third-order valence-corrected chi connectivity index (χ3v) is 14.6. The fourth-order valence-electron chi connectivity index (χ4n) is 10.6. The molecule has 0 bridgehead atoms. The van der Waals surface area contributed by atoms with Crippen LogP contribution < -0.4 is 54.3 Å². The number of aromatic nitrogens is 7. The number of hydrogen-bond donors (Lipinski definition) is 2. The van der Waals surface area contributed by atoms with Gasteiger partial charge in [-0.3, -0.25) is 38.4 Å². The van der Waals surface area contributed by atoms with Crippen molar-refractivity contribution in [1.82, 2.24) is 33.2 Å². The molecule has 0 aliphatic rings. The molecular weight excluding hydrogens is 1040 g/mol. The van der Waals surface area contributed by atoms with Crippen molar-refractivity contribution in [1.29, 1.82) is 0 Å². The molecule has 0 radical (unpaired) electrons. The Morgan fingerprint density at radius 3 is 0.963 bits per heavy atom. The fraction of sp³-hybridized carbons (Fsp3) is 0.0317. The van der Waals surface area contributed by atoms with Gasteiger partial charge in [0.2, 0.25) is 11.9 Å². The molecule has 19 heteroatoms. The van der Waals surface area contributed by atoms with E-state index >= 15 is 0 Å². The second-order valence-corrected chi connectivity index (χ2v) is 19.5. The van der Waals surface area contributed by atoms with Gasteiger partial charge in [-0.2, -0.15) is 15.0 Å². The number of aromatic hydroxyl groups is 2. The van der Waals surface area contributed by atoms with E-state index in [9.17, 15) is 48.6 Å². The Morgan fingerprint density at radius 1 is 0.366 bits per heavy atom. The van der Waals surface area contributed by atoms with E-state index in [4.69, 9.17) is 0 Å². The van der Waals surface area contributed by atoms with Crippen LogP contribution in [0, 0.1) is 13.8 Å². The maximum Gasteiger partial charge on any atom is 0.268 e. The molecule has 0 aliphatic heterocycles. The topological polar surface area (TPSA) is 242 Å². The minimum absolute atomic E-state index is 0.156. The van der Waals surface area contributed by atoms with Crippen LogP contribution in [0.15, 0.2) is 215 Å². The monoisotopic (exact) mass is 1080 g/mol. The number of phenols is 2. The molecule has 82 heavy (non-hydrogen) atoms. The van der Waals surface area contributed by atoms with Crippen LogP contribution in [0.3, 0.4) is 0 Å². The Morgan fingerprint density at radius 2 is 0.659 bits per heavy atom. The Hall–Kier alpha value is -11.7. The average Bonchev–Trinajstić information content (AvgIpc) is 3.59. The lowest BCUT2D eigenvalue weighted by Crippen LogP contribution is -2.30. The smallest absolute Gasteiger partial charge is 0.268 e. The van der Waals surface area contributed by atoms with Gasteiger partial charge < -0.3 is 20.0 Å². The van der Waals surface area contributed by atoms with Crippen LogP contribution in [0.5, 0.6) is 11.5 Å². The predicted octanol–water partition coefficient (Wildman–Crippen LogP) is 7.89. The van der Waals surface area contributed by atoms with Crippen LogP contribution in [0.25, 0.3) is 72.4 Å². The number of nitrogens with zero attached hydrogens (tertiary/aromatic N) is 9. The summed E-state index contributed by atoms with van der Waals surface area (Å²) in [6.45, 7) is 7.56. The Balaban J connectivity index is 0.893. The van der Waals surface area contributed by atoms with Crippen LogP contribution in [0.1, 0.15) is 17.0 Å². The van der Waals surface area contributed by atoms with Crippen molar-refractivity contribution in [2.24, 2.45) is 0 Å². The van der Waals surface area contributed by atoms with Crippen molar-refractivity contribution >= 4 is 83.3 Å². The SMILES string of the molecule is C=Cc1nc(-n2c(=O)c3cc4c(=O)n(-c5cccc(N(c6ccccc6)c6ccccc6)c5O)c(=O)c4cc3c2=O)nc(-n2c(=O)c3cc4c(=O)n(-c5cccc(N(c6ccc(C)cc6)c6ccc(C)cc6)c5O)c(=O)c4cc3c2=O)n1. The lowest BCUT2D eigenvalue weighted by atomic mass is 10.1. The summed E-state index contributed by atoms with van der Waals surface area (Å²) in [6, 6.07) is 47.0. The standard InChI is InChI=1S/C63H39N9O10/c1-4-51-64-62(71-58(79)43-29-39-40(30-44(43)59(71)80)55(76)69(54(39)75)49-19-11-17-47(52(49)73)67(35-13-7-5-8-14-35)36-15-9-6-10-16-36)66-63(65-51)72-60(81)45-31-41-42(32-46(45)61(72)82)57(78)70(56(41)77)50-20-12-18-48(53(50)74)68(37-25-21-33(2)22-26-37)38-27-23-34(3)24-28-38/h4-32,73-74H,1H2,2-3H3. The third kappa shape index (κ3) is 7.55. The lowest BCUT2D eigenvalue weighted by Gasteiger charge is -2.27. The molecule has 0 fully saturated rings. The van der Waals surface area contributed by atoms with Crippen LogP contribution in [0.4, 0.5) is 34.1 Å². The van der Waals surface area contributed by atoms with Crippen LogP contribution in [-0.2, 0) is 0 Å². The molecule has 2 N–H and O–H groups in total. The summed E-state index contributed by atoms with van der Waals surface area (Å²) in [5, 5.41) is 21.7. The van der Waals surface area contributed by atoms with E-state index < -0.39 is 67.9 Å². The molecule has 0 aliphatic carbocycles. The molecule has 8 aromatic carbocycles. The van der Waals surface area contributed by atoms with Gasteiger partial charge in [0, 0.05) is 22.7 Å². The van der Waals surface area contributed by atoms with E-state index in [0.717, 1.165) is 50.6 Å². The molecule has 5 aromatic heterocycles. The molecule has 0 saturated heterocycles. The van der Waals surface area contributed by atoms with Gasteiger partial charge in [-0.25, -0.2) is 18.3 Å². The van der Waals surface area contributed by atoms with Gasteiger partial charge >= 0.3 is 0 Å². The van der Waals surface area contributed by atoms with E-state index in [1.54, 1.807) is 34.1 Å². The zero-order chi connectivity index (χ0) is 57.0. The highest BCUT2D eigenvalue weighted by Gasteiger charge is 2.29. The zero-order valence-corrected chi connectivity index (χ0v) is 43.1. The molecule has 0 unspecified atom stereocenters.